The second-order valence-electron chi connectivity index (χ2n) is 6.19. The monoisotopic (exact) mass is 302 g/mol. The standard InChI is InChI=1S/C20H18N2O/c1-14-10-16-8-9-17(11-18(16)22-19(14)23)20(2,13-21)12-15-6-4-3-5-7-15/h3-11H,12H2,1-2H3,(H,22,23). The van der Waals surface area contributed by atoms with E-state index in [1.807, 2.05) is 61.5 Å². The molecule has 0 saturated carbocycles. The van der Waals surface area contributed by atoms with Crippen LogP contribution in [0.15, 0.2) is 59.4 Å². The summed E-state index contributed by atoms with van der Waals surface area (Å²) < 4.78 is 0. The lowest BCUT2D eigenvalue weighted by atomic mass is 9.78. The highest BCUT2D eigenvalue weighted by atomic mass is 16.1. The van der Waals surface area contributed by atoms with Crippen LogP contribution in [-0.2, 0) is 11.8 Å². The van der Waals surface area contributed by atoms with Crippen molar-refractivity contribution in [1.82, 2.24) is 4.98 Å². The van der Waals surface area contributed by atoms with E-state index in [9.17, 15) is 10.1 Å². The van der Waals surface area contributed by atoms with Gasteiger partial charge in [-0.15, -0.1) is 0 Å². The van der Waals surface area contributed by atoms with Crippen molar-refractivity contribution in [2.24, 2.45) is 0 Å². The second-order valence-corrected chi connectivity index (χ2v) is 6.19. The smallest absolute Gasteiger partial charge is 0.251 e. The molecule has 1 aromatic heterocycles. The van der Waals surface area contributed by atoms with Crippen molar-refractivity contribution in [1.29, 1.82) is 5.26 Å². The van der Waals surface area contributed by atoms with Crippen molar-refractivity contribution in [3.05, 3.63) is 81.6 Å². The van der Waals surface area contributed by atoms with Crippen LogP contribution in [0.25, 0.3) is 10.9 Å². The van der Waals surface area contributed by atoms with Gasteiger partial charge in [-0.25, -0.2) is 0 Å². The number of benzene rings is 2. The molecule has 0 fully saturated rings. The zero-order chi connectivity index (χ0) is 16.4. The molecule has 23 heavy (non-hydrogen) atoms. The van der Waals surface area contributed by atoms with Crippen LogP contribution in [0.3, 0.4) is 0 Å². The van der Waals surface area contributed by atoms with Gasteiger partial charge in [-0.2, -0.15) is 5.26 Å². The normalized spacial score (nSPS) is 13.4. The van der Waals surface area contributed by atoms with Gasteiger partial charge >= 0.3 is 0 Å². The zero-order valence-corrected chi connectivity index (χ0v) is 13.3. The van der Waals surface area contributed by atoms with E-state index < -0.39 is 5.41 Å². The Balaban J connectivity index is 2.07. The lowest BCUT2D eigenvalue weighted by Gasteiger charge is -2.22. The molecule has 0 spiro atoms. The molecule has 0 saturated heterocycles. The Morgan fingerprint density at radius 3 is 2.57 bits per heavy atom. The maximum Gasteiger partial charge on any atom is 0.251 e. The van der Waals surface area contributed by atoms with Gasteiger partial charge in [0.05, 0.1) is 11.5 Å². The van der Waals surface area contributed by atoms with Gasteiger partial charge < -0.3 is 4.98 Å². The van der Waals surface area contributed by atoms with Crippen LogP contribution in [-0.4, -0.2) is 4.98 Å². The van der Waals surface area contributed by atoms with Gasteiger partial charge in [0.15, 0.2) is 0 Å². The first-order valence-corrected chi connectivity index (χ1v) is 7.61. The van der Waals surface area contributed by atoms with Crippen molar-refractivity contribution in [2.45, 2.75) is 25.7 Å². The summed E-state index contributed by atoms with van der Waals surface area (Å²) in [6.45, 7) is 3.73. The molecule has 3 heteroatoms. The minimum atomic E-state index is -0.642. The number of pyridine rings is 1. The molecule has 0 aliphatic heterocycles. The van der Waals surface area contributed by atoms with E-state index in [4.69, 9.17) is 0 Å². The van der Waals surface area contributed by atoms with Crippen LogP contribution in [0.5, 0.6) is 0 Å². The van der Waals surface area contributed by atoms with Gasteiger partial charge in [-0.1, -0.05) is 42.5 Å². The van der Waals surface area contributed by atoms with E-state index in [1.165, 1.54) is 0 Å². The molecule has 3 nitrogen and oxygen atoms in total. The van der Waals surface area contributed by atoms with Crippen molar-refractivity contribution < 1.29 is 0 Å². The first-order valence-electron chi connectivity index (χ1n) is 7.61. The number of nitrogens with zero attached hydrogens (tertiary/aromatic N) is 1. The topological polar surface area (TPSA) is 56.6 Å². The summed E-state index contributed by atoms with van der Waals surface area (Å²) in [5, 5.41) is 10.7. The fourth-order valence-electron chi connectivity index (χ4n) is 2.86. The first-order chi connectivity index (χ1) is 11.0. The molecule has 0 amide bonds. The molecule has 0 aliphatic rings. The SMILES string of the molecule is Cc1cc2ccc(C(C)(C#N)Cc3ccccc3)cc2[nH]c1=O. The third kappa shape index (κ3) is 2.89. The minimum absolute atomic E-state index is 0.0867. The van der Waals surface area contributed by atoms with Crippen LogP contribution in [0.4, 0.5) is 0 Å². The number of aromatic nitrogens is 1. The molecule has 1 atom stereocenters. The third-order valence-electron chi connectivity index (χ3n) is 4.32. The summed E-state index contributed by atoms with van der Waals surface area (Å²) in [5.74, 6) is 0. The summed E-state index contributed by atoms with van der Waals surface area (Å²) in [7, 11) is 0. The first kappa shape index (κ1) is 15.1. The highest BCUT2D eigenvalue weighted by Crippen LogP contribution is 2.29. The van der Waals surface area contributed by atoms with E-state index >= 15 is 0 Å². The predicted octanol–water partition coefficient (Wildman–Crippen LogP) is 3.86. The molecule has 0 aliphatic carbocycles. The van der Waals surface area contributed by atoms with Gasteiger partial charge in [0, 0.05) is 11.1 Å². The largest absolute Gasteiger partial charge is 0.322 e. The number of nitriles is 1. The molecule has 1 N–H and O–H groups in total. The van der Waals surface area contributed by atoms with Gasteiger partial charge in [0.25, 0.3) is 5.56 Å². The molecule has 114 valence electrons. The van der Waals surface area contributed by atoms with Gasteiger partial charge in [0.2, 0.25) is 0 Å². The summed E-state index contributed by atoms with van der Waals surface area (Å²) in [5.41, 5.74) is 2.77. The number of H-pyrrole nitrogens is 1. The number of aromatic amines is 1. The maximum absolute atomic E-state index is 11.8. The number of fused-ring (bicyclic) bond motifs is 1. The highest BCUT2D eigenvalue weighted by molar-refractivity contribution is 5.80. The lowest BCUT2D eigenvalue weighted by Crippen LogP contribution is -2.23. The average molecular weight is 302 g/mol. The fourth-order valence-corrected chi connectivity index (χ4v) is 2.86. The van der Waals surface area contributed by atoms with Gasteiger partial charge in [-0.05, 0) is 48.9 Å². The summed E-state index contributed by atoms with van der Waals surface area (Å²) in [6.07, 6.45) is 0.631. The molecule has 1 unspecified atom stereocenters. The van der Waals surface area contributed by atoms with Crippen LogP contribution < -0.4 is 5.56 Å². The zero-order valence-electron chi connectivity index (χ0n) is 13.3. The molecule has 2 aromatic carbocycles. The van der Waals surface area contributed by atoms with Gasteiger partial charge in [-0.3, -0.25) is 4.79 Å². The molecule has 3 rings (SSSR count). The van der Waals surface area contributed by atoms with E-state index in [0.717, 1.165) is 22.0 Å². The average Bonchev–Trinajstić information content (AvgIpc) is 2.56. The predicted molar refractivity (Wildman–Crippen MR) is 92.4 cm³/mol. The summed E-state index contributed by atoms with van der Waals surface area (Å²) in [4.78, 5) is 14.7. The fraction of sp³-hybridized carbons (Fsp3) is 0.200. The lowest BCUT2D eigenvalue weighted by molar-refractivity contribution is 0.607. The summed E-state index contributed by atoms with van der Waals surface area (Å²) >= 11 is 0. The Kier molecular flexibility index (Phi) is 3.75. The van der Waals surface area contributed by atoms with E-state index in [-0.39, 0.29) is 5.56 Å². The van der Waals surface area contributed by atoms with E-state index in [2.05, 4.69) is 11.1 Å². The van der Waals surface area contributed by atoms with E-state index in [1.54, 1.807) is 6.92 Å². The van der Waals surface area contributed by atoms with Crippen molar-refractivity contribution in [3.63, 3.8) is 0 Å². The van der Waals surface area contributed by atoms with Crippen molar-refractivity contribution in [3.8, 4) is 6.07 Å². The Morgan fingerprint density at radius 1 is 1.13 bits per heavy atom. The van der Waals surface area contributed by atoms with Crippen molar-refractivity contribution >= 4 is 10.9 Å². The van der Waals surface area contributed by atoms with E-state index in [0.29, 0.717) is 12.0 Å². The molecule has 3 aromatic rings. The molecular weight excluding hydrogens is 284 g/mol. The molecular formula is C20H18N2O. The molecule has 0 radical (unpaired) electrons. The van der Waals surface area contributed by atoms with Crippen molar-refractivity contribution in [2.75, 3.05) is 0 Å². The van der Waals surface area contributed by atoms with Crippen LogP contribution in [0.1, 0.15) is 23.6 Å². The summed E-state index contributed by atoms with van der Waals surface area (Å²) in [6, 6.07) is 20.2. The van der Waals surface area contributed by atoms with Crippen LogP contribution in [0.2, 0.25) is 0 Å². The number of nitrogens with one attached hydrogen (secondary N) is 1. The maximum atomic E-state index is 11.8. The number of aryl methyl sites for hydroxylation is 1. The molecule has 1 heterocycles. The Labute approximate surface area is 135 Å². The Bertz CT molecular complexity index is 951. The quantitative estimate of drug-likeness (QED) is 0.798. The number of hydrogen-bond acceptors (Lipinski definition) is 2. The second kappa shape index (κ2) is 5.73. The van der Waals surface area contributed by atoms with Crippen LogP contribution >= 0.6 is 0 Å². The van der Waals surface area contributed by atoms with Crippen LogP contribution in [0, 0.1) is 18.3 Å². The Hall–Kier alpha value is -2.86. The Morgan fingerprint density at radius 2 is 1.87 bits per heavy atom. The number of rotatable bonds is 3. The minimum Gasteiger partial charge on any atom is -0.322 e. The van der Waals surface area contributed by atoms with Gasteiger partial charge in [0.1, 0.15) is 0 Å². The third-order valence-corrected chi connectivity index (χ3v) is 4.32. The highest BCUT2D eigenvalue weighted by Gasteiger charge is 2.27. The number of hydrogen-bond donors (Lipinski definition) is 1. The molecule has 0 bridgehead atoms.